The van der Waals surface area contributed by atoms with E-state index in [2.05, 4.69) is 6.92 Å². The van der Waals surface area contributed by atoms with Crippen molar-refractivity contribution in [2.45, 2.75) is 46.0 Å². The van der Waals surface area contributed by atoms with Gasteiger partial charge in [0.2, 0.25) is 0 Å². The van der Waals surface area contributed by atoms with Gasteiger partial charge in [-0.3, -0.25) is 4.79 Å². The second-order valence-electron chi connectivity index (χ2n) is 4.27. The van der Waals surface area contributed by atoms with Gasteiger partial charge in [-0.15, -0.1) is 0 Å². The van der Waals surface area contributed by atoms with Crippen LogP contribution in [0.15, 0.2) is 0 Å². The highest BCUT2D eigenvalue weighted by molar-refractivity contribution is 5.94. The fourth-order valence-electron chi connectivity index (χ4n) is 2.03. The van der Waals surface area contributed by atoms with Crippen LogP contribution in [0.25, 0.3) is 0 Å². The fourth-order valence-corrected chi connectivity index (χ4v) is 2.03. The van der Waals surface area contributed by atoms with Crippen molar-refractivity contribution in [3.63, 3.8) is 0 Å². The summed E-state index contributed by atoms with van der Waals surface area (Å²) in [5.74, 6) is -0.127. The molecule has 0 aromatic heterocycles. The van der Waals surface area contributed by atoms with E-state index in [4.69, 9.17) is 5.26 Å². The predicted molar refractivity (Wildman–Crippen MR) is 51.0 cm³/mol. The average molecular weight is 179 g/mol. The minimum Gasteiger partial charge on any atom is -0.298 e. The van der Waals surface area contributed by atoms with Crippen LogP contribution in [0.4, 0.5) is 0 Å². The minimum atomic E-state index is -0.299. The van der Waals surface area contributed by atoms with Crippen LogP contribution in [-0.4, -0.2) is 5.78 Å². The van der Waals surface area contributed by atoms with Crippen molar-refractivity contribution in [2.24, 2.45) is 11.3 Å². The Morgan fingerprint density at radius 3 is 2.77 bits per heavy atom. The third-order valence-corrected chi connectivity index (χ3v) is 3.05. The fraction of sp³-hybridized carbons (Fsp3) is 0.818. The second kappa shape index (κ2) is 3.91. The SMILES string of the molecule is CCCCCC1(C)CC(C#N)C1=O. The smallest absolute Gasteiger partial charge is 0.155 e. The highest BCUT2D eigenvalue weighted by Crippen LogP contribution is 2.44. The Morgan fingerprint density at radius 2 is 2.31 bits per heavy atom. The molecule has 1 rings (SSSR count). The molecular formula is C11H17NO. The van der Waals surface area contributed by atoms with Gasteiger partial charge in [-0.05, 0) is 12.8 Å². The molecule has 0 radical (unpaired) electrons. The van der Waals surface area contributed by atoms with Crippen LogP contribution in [0.3, 0.4) is 0 Å². The summed E-state index contributed by atoms with van der Waals surface area (Å²) in [7, 11) is 0. The Kier molecular flexibility index (Phi) is 3.08. The summed E-state index contributed by atoms with van der Waals surface area (Å²) in [5.41, 5.74) is -0.157. The van der Waals surface area contributed by atoms with Crippen LogP contribution in [0, 0.1) is 22.7 Å². The van der Waals surface area contributed by atoms with Gasteiger partial charge >= 0.3 is 0 Å². The van der Waals surface area contributed by atoms with Gasteiger partial charge in [0.05, 0.1) is 6.07 Å². The molecule has 0 amide bonds. The van der Waals surface area contributed by atoms with E-state index in [-0.39, 0.29) is 17.1 Å². The number of Topliss-reactive ketones (excluding diaryl/α,β-unsaturated/α-hetero) is 1. The van der Waals surface area contributed by atoms with E-state index in [0.29, 0.717) is 0 Å². The molecule has 72 valence electrons. The zero-order valence-corrected chi connectivity index (χ0v) is 8.47. The molecule has 1 aliphatic rings. The van der Waals surface area contributed by atoms with Gasteiger partial charge in [0.15, 0.2) is 5.78 Å². The molecule has 0 heterocycles. The lowest BCUT2D eigenvalue weighted by Gasteiger charge is -2.40. The third-order valence-electron chi connectivity index (χ3n) is 3.05. The van der Waals surface area contributed by atoms with E-state index in [1.807, 2.05) is 13.0 Å². The van der Waals surface area contributed by atoms with Crippen LogP contribution in [0.5, 0.6) is 0 Å². The molecule has 1 fully saturated rings. The monoisotopic (exact) mass is 179 g/mol. The zero-order valence-electron chi connectivity index (χ0n) is 8.47. The summed E-state index contributed by atoms with van der Waals surface area (Å²) >= 11 is 0. The summed E-state index contributed by atoms with van der Waals surface area (Å²) in [6.07, 6.45) is 5.26. The van der Waals surface area contributed by atoms with Crippen LogP contribution in [-0.2, 0) is 4.79 Å². The van der Waals surface area contributed by atoms with Crippen molar-refractivity contribution < 1.29 is 4.79 Å². The first kappa shape index (κ1) is 10.2. The van der Waals surface area contributed by atoms with Crippen LogP contribution < -0.4 is 0 Å². The number of nitriles is 1. The lowest BCUT2D eigenvalue weighted by atomic mass is 9.60. The summed E-state index contributed by atoms with van der Waals surface area (Å²) < 4.78 is 0. The van der Waals surface area contributed by atoms with Crippen molar-refractivity contribution in [2.75, 3.05) is 0 Å². The zero-order chi connectivity index (χ0) is 9.90. The van der Waals surface area contributed by atoms with Crippen LogP contribution in [0.1, 0.15) is 46.0 Å². The number of hydrogen-bond acceptors (Lipinski definition) is 2. The third kappa shape index (κ3) is 1.91. The number of ketones is 1. The highest BCUT2D eigenvalue weighted by Gasteiger charge is 2.49. The Labute approximate surface area is 79.9 Å². The van der Waals surface area contributed by atoms with E-state index in [9.17, 15) is 4.79 Å². The Bertz CT molecular complexity index is 241. The summed E-state index contributed by atoms with van der Waals surface area (Å²) in [6, 6.07) is 2.05. The van der Waals surface area contributed by atoms with Gasteiger partial charge in [0, 0.05) is 5.41 Å². The van der Waals surface area contributed by atoms with Crippen molar-refractivity contribution in [1.29, 1.82) is 5.26 Å². The first-order valence-electron chi connectivity index (χ1n) is 5.08. The molecule has 0 aromatic rings. The van der Waals surface area contributed by atoms with Gasteiger partial charge in [-0.2, -0.15) is 5.26 Å². The van der Waals surface area contributed by atoms with Crippen molar-refractivity contribution in [3.05, 3.63) is 0 Å². The maximum absolute atomic E-state index is 11.5. The first-order chi connectivity index (χ1) is 6.14. The number of carbonyl (C=O) groups excluding carboxylic acids is 1. The predicted octanol–water partition coefficient (Wildman–Crippen LogP) is 2.69. The normalized spacial score (nSPS) is 32.4. The molecule has 0 spiro atoms. The van der Waals surface area contributed by atoms with Gasteiger partial charge in [-0.1, -0.05) is 33.1 Å². The van der Waals surface area contributed by atoms with E-state index >= 15 is 0 Å². The highest BCUT2D eigenvalue weighted by atomic mass is 16.1. The van der Waals surface area contributed by atoms with E-state index in [0.717, 1.165) is 19.3 Å². The number of nitrogens with zero attached hydrogens (tertiary/aromatic N) is 1. The average Bonchev–Trinajstić information content (AvgIpc) is 2.14. The molecule has 1 aliphatic carbocycles. The van der Waals surface area contributed by atoms with Gasteiger partial charge in [-0.25, -0.2) is 0 Å². The maximum Gasteiger partial charge on any atom is 0.155 e. The molecule has 2 atom stereocenters. The molecule has 13 heavy (non-hydrogen) atoms. The van der Waals surface area contributed by atoms with E-state index in [1.54, 1.807) is 0 Å². The lowest BCUT2D eigenvalue weighted by Crippen LogP contribution is -2.45. The second-order valence-corrected chi connectivity index (χ2v) is 4.27. The molecule has 1 saturated carbocycles. The molecule has 0 N–H and O–H groups in total. The largest absolute Gasteiger partial charge is 0.298 e. The summed E-state index contributed by atoms with van der Waals surface area (Å²) in [6.45, 7) is 4.15. The molecule has 0 saturated heterocycles. The van der Waals surface area contributed by atoms with E-state index < -0.39 is 0 Å². The van der Waals surface area contributed by atoms with Gasteiger partial charge < -0.3 is 0 Å². The Balaban J connectivity index is 2.35. The number of rotatable bonds is 4. The van der Waals surface area contributed by atoms with Gasteiger partial charge in [0.25, 0.3) is 0 Å². The first-order valence-corrected chi connectivity index (χ1v) is 5.08. The Hall–Kier alpha value is -0.840. The van der Waals surface area contributed by atoms with Crippen LogP contribution >= 0.6 is 0 Å². The Morgan fingerprint density at radius 1 is 1.62 bits per heavy atom. The maximum atomic E-state index is 11.5. The molecule has 0 bridgehead atoms. The van der Waals surface area contributed by atoms with Crippen molar-refractivity contribution >= 4 is 5.78 Å². The number of hydrogen-bond donors (Lipinski definition) is 0. The summed E-state index contributed by atoms with van der Waals surface area (Å²) in [4.78, 5) is 11.5. The minimum absolute atomic E-state index is 0.157. The quantitative estimate of drug-likeness (QED) is 0.622. The molecule has 2 unspecified atom stereocenters. The molecule has 0 aromatic carbocycles. The number of carbonyl (C=O) groups is 1. The van der Waals surface area contributed by atoms with Gasteiger partial charge in [0.1, 0.15) is 5.92 Å². The van der Waals surface area contributed by atoms with E-state index in [1.165, 1.54) is 12.8 Å². The van der Waals surface area contributed by atoms with Crippen molar-refractivity contribution in [3.8, 4) is 6.07 Å². The van der Waals surface area contributed by atoms with Crippen molar-refractivity contribution in [1.82, 2.24) is 0 Å². The lowest BCUT2D eigenvalue weighted by molar-refractivity contribution is -0.142. The summed E-state index contributed by atoms with van der Waals surface area (Å²) in [5, 5.41) is 8.59. The number of unbranched alkanes of at least 4 members (excludes halogenated alkanes) is 2. The molecule has 2 nitrogen and oxygen atoms in total. The molecule has 0 aliphatic heterocycles. The standard InChI is InChI=1S/C11H17NO/c1-3-4-5-6-11(2)7-9(8-12)10(11)13/h9H,3-7H2,1-2H3. The van der Waals surface area contributed by atoms with Crippen LogP contribution in [0.2, 0.25) is 0 Å². The molecule has 2 heteroatoms. The molecular weight excluding hydrogens is 162 g/mol. The topological polar surface area (TPSA) is 40.9 Å².